The number of nitrogens with zero attached hydrogens (tertiary/aromatic N) is 1. The van der Waals surface area contributed by atoms with Gasteiger partial charge < -0.3 is 0 Å². The first-order valence-electron chi connectivity index (χ1n) is 9.81. The van der Waals surface area contributed by atoms with Gasteiger partial charge in [-0.05, 0) is 0 Å². The zero-order chi connectivity index (χ0) is 22.2. The Morgan fingerprint density at radius 1 is 1.13 bits per heavy atom. The van der Waals surface area contributed by atoms with Gasteiger partial charge >= 0.3 is 176 Å². The van der Waals surface area contributed by atoms with Crippen LogP contribution in [0.4, 0.5) is 0 Å². The Bertz CT molecular complexity index is 1130. The summed E-state index contributed by atoms with van der Waals surface area (Å²) in [5.74, 6) is -0.710. The minimum absolute atomic E-state index is 0.140. The number of hydrogen-bond acceptors (Lipinski definition) is 4. The fourth-order valence-corrected chi connectivity index (χ4v) is 4.59. The first-order valence-corrected chi connectivity index (χ1v) is 11.7. The van der Waals surface area contributed by atoms with E-state index in [0.29, 0.717) is 12.0 Å². The molecule has 0 bridgehead atoms. The second-order valence-electron chi connectivity index (χ2n) is 6.97. The van der Waals surface area contributed by atoms with Crippen LogP contribution in [0, 0.1) is 11.3 Å². The van der Waals surface area contributed by atoms with Gasteiger partial charge in [0.25, 0.3) is 0 Å². The first kappa shape index (κ1) is 22.3. The number of fused-ring (bicyclic) bond motifs is 1. The Balaban J connectivity index is 1.77. The monoisotopic (exact) mass is 477 g/mol. The van der Waals surface area contributed by atoms with Crippen molar-refractivity contribution in [2.45, 2.75) is 25.8 Å². The number of hydrogen-bond donors (Lipinski definition) is 3. The van der Waals surface area contributed by atoms with Crippen LogP contribution in [0.5, 0.6) is 0 Å². The second-order valence-corrected chi connectivity index (χ2v) is 9.84. The van der Waals surface area contributed by atoms with Crippen LogP contribution in [0.1, 0.15) is 29.3 Å². The summed E-state index contributed by atoms with van der Waals surface area (Å²) < 4.78 is 1.06. The minimum atomic E-state index is -0.798. The molecular weight excluding hydrogens is 455 g/mol. The normalized spacial score (nSPS) is 11.9. The molecule has 0 aliphatic heterocycles. The maximum atomic E-state index is 12.8. The number of carbonyl (C=O) groups is 3. The second kappa shape index (κ2) is 10.6. The van der Waals surface area contributed by atoms with Crippen LogP contribution in [-0.4, -0.2) is 49.7 Å². The Morgan fingerprint density at radius 2 is 1.87 bits per heavy atom. The molecule has 8 heteroatoms. The van der Waals surface area contributed by atoms with E-state index in [9.17, 15) is 14.4 Å². The van der Waals surface area contributed by atoms with Crippen LogP contribution < -0.4 is 15.0 Å². The summed E-state index contributed by atoms with van der Waals surface area (Å²) >= 11 is -0.561. The van der Waals surface area contributed by atoms with Crippen LogP contribution in [0.3, 0.4) is 0 Å². The predicted molar refractivity (Wildman–Crippen MR) is 119 cm³/mol. The van der Waals surface area contributed by atoms with Gasteiger partial charge in [-0.3, -0.25) is 0 Å². The molecule has 0 fully saturated rings. The van der Waals surface area contributed by atoms with Crippen molar-refractivity contribution in [1.29, 1.82) is 5.26 Å². The van der Waals surface area contributed by atoms with E-state index < -0.39 is 21.8 Å². The number of nitrogens with one attached hydrogen (secondary N) is 3. The van der Waals surface area contributed by atoms with Gasteiger partial charge in [0.2, 0.25) is 0 Å². The summed E-state index contributed by atoms with van der Waals surface area (Å²) in [5.41, 5.74) is 2.29. The average Bonchev–Trinajstić information content (AvgIpc) is 3.16. The van der Waals surface area contributed by atoms with Crippen molar-refractivity contribution >= 4 is 47.4 Å². The number of benzene rings is 2. The van der Waals surface area contributed by atoms with Crippen molar-refractivity contribution in [2.24, 2.45) is 0 Å². The molecule has 0 aliphatic rings. The van der Waals surface area contributed by atoms with Crippen LogP contribution in [-0.2, 0) is 16.0 Å². The van der Waals surface area contributed by atoms with Gasteiger partial charge in [-0.15, -0.1) is 0 Å². The molecule has 1 heterocycles. The third-order valence-electron chi connectivity index (χ3n) is 4.67. The number of nitriles is 1. The molecule has 2 amide bonds. The van der Waals surface area contributed by atoms with Gasteiger partial charge in [-0.1, -0.05) is 6.07 Å². The quantitative estimate of drug-likeness (QED) is 0.319. The SMILES string of the molecule is CC(=O)[As]c1ccc(C(=O)NC(Cc2c[nH]c3ccccc23)C(=O)NCCC#N)cc1. The summed E-state index contributed by atoms with van der Waals surface area (Å²) in [4.78, 5) is 40.0. The van der Waals surface area contributed by atoms with Gasteiger partial charge in [0.05, 0.1) is 0 Å². The van der Waals surface area contributed by atoms with Gasteiger partial charge in [0.15, 0.2) is 0 Å². The van der Waals surface area contributed by atoms with E-state index in [2.05, 4.69) is 15.6 Å². The van der Waals surface area contributed by atoms with Gasteiger partial charge in [-0.2, -0.15) is 5.26 Å². The van der Waals surface area contributed by atoms with E-state index in [1.54, 1.807) is 31.2 Å². The van der Waals surface area contributed by atoms with Crippen molar-refractivity contribution in [3.8, 4) is 6.07 Å². The number of carbonyl (C=O) groups excluding carboxylic acids is 3. The molecule has 2 aromatic carbocycles. The Kier molecular flexibility index (Phi) is 7.64. The van der Waals surface area contributed by atoms with Gasteiger partial charge in [-0.25, -0.2) is 0 Å². The molecule has 7 nitrogen and oxygen atoms in total. The number of rotatable bonds is 9. The summed E-state index contributed by atoms with van der Waals surface area (Å²) in [6.45, 7) is 1.78. The van der Waals surface area contributed by atoms with Crippen LogP contribution in [0.15, 0.2) is 54.7 Å². The predicted octanol–water partition coefficient (Wildman–Crippen LogP) is 1.41. The molecule has 1 unspecified atom stereocenters. The summed E-state index contributed by atoms with van der Waals surface area (Å²) in [6, 6.07) is 15.8. The zero-order valence-corrected chi connectivity index (χ0v) is 18.9. The molecule has 0 aliphatic carbocycles. The molecule has 3 aromatic rings. The van der Waals surface area contributed by atoms with E-state index >= 15 is 0 Å². The topological polar surface area (TPSA) is 115 Å². The number of para-hydroxylation sites is 1. The van der Waals surface area contributed by atoms with Crippen molar-refractivity contribution in [3.63, 3.8) is 0 Å². The van der Waals surface area contributed by atoms with E-state index in [4.69, 9.17) is 5.26 Å². The summed E-state index contributed by atoms with van der Waals surface area (Å²) in [5, 5.41) is 15.2. The average molecular weight is 477 g/mol. The maximum absolute atomic E-state index is 12.8. The Hall–Kier alpha value is -3.36. The Labute approximate surface area is 186 Å². The van der Waals surface area contributed by atoms with Crippen LogP contribution >= 0.6 is 0 Å². The van der Waals surface area contributed by atoms with Crippen molar-refractivity contribution < 1.29 is 14.4 Å². The van der Waals surface area contributed by atoms with E-state index in [0.717, 1.165) is 20.8 Å². The molecule has 0 saturated heterocycles. The van der Waals surface area contributed by atoms with Crippen LogP contribution in [0.25, 0.3) is 10.9 Å². The van der Waals surface area contributed by atoms with Crippen LogP contribution in [0.2, 0.25) is 0 Å². The summed E-state index contributed by atoms with van der Waals surface area (Å²) in [6.07, 6.45) is 2.34. The number of aromatic amines is 1. The molecule has 31 heavy (non-hydrogen) atoms. The van der Waals surface area contributed by atoms with E-state index in [1.807, 2.05) is 36.5 Å². The fourth-order valence-electron chi connectivity index (χ4n) is 3.21. The van der Waals surface area contributed by atoms with Crippen molar-refractivity contribution in [2.75, 3.05) is 6.54 Å². The molecule has 0 saturated carbocycles. The molecule has 1 aromatic heterocycles. The van der Waals surface area contributed by atoms with Gasteiger partial charge in [0, 0.05) is 0 Å². The van der Waals surface area contributed by atoms with E-state index in [1.165, 1.54) is 0 Å². The van der Waals surface area contributed by atoms with Crippen molar-refractivity contribution in [3.05, 3.63) is 65.9 Å². The molecule has 1 atom stereocenters. The standard InChI is InChI=1S/C23H22AsN4O3/c1-15(29)24-18-9-7-16(8-10-18)22(30)28-21(23(31)26-12-4-11-25)13-17-14-27-20-6-3-2-5-19(17)20/h2-3,5-10,14,21,27H,4,12-13H2,1H3,(H,26,31)(H,28,30). The molecule has 0 spiro atoms. The summed E-state index contributed by atoms with van der Waals surface area (Å²) in [7, 11) is 0. The van der Waals surface area contributed by atoms with Gasteiger partial charge in [0.1, 0.15) is 0 Å². The molecule has 157 valence electrons. The number of aromatic nitrogens is 1. The fraction of sp³-hybridized carbons (Fsp3) is 0.217. The van der Waals surface area contributed by atoms with Crippen molar-refractivity contribution in [1.82, 2.24) is 15.6 Å². The molecular formula is C23H22AsN4O3. The third-order valence-corrected chi connectivity index (χ3v) is 6.50. The zero-order valence-electron chi connectivity index (χ0n) is 17.0. The number of amides is 2. The number of H-pyrrole nitrogens is 1. The van der Waals surface area contributed by atoms with E-state index in [-0.39, 0.29) is 29.4 Å². The third kappa shape index (κ3) is 6.06. The molecule has 3 rings (SSSR count). The molecule has 1 radical (unpaired) electrons. The Morgan fingerprint density at radius 3 is 2.58 bits per heavy atom. The first-order chi connectivity index (χ1) is 15.0. The molecule has 3 N–H and O–H groups in total.